The summed E-state index contributed by atoms with van der Waals surface area (Å²) in [5.74, 6) is -0.537. The Morgan fingerprint density at radius 3 is 2.65 bits per heavy atom. The largest absolute Gasteiger partial charge is 0.324 e. The van der Waals surface area contributed by atoms with Gasteiger partial charge in [0, 0.05) is 10.7 Å². The molecule has 1 amide bonds. The van der Waals surface area contributed by atoms with Crippen LogP contribution in [-0.2, 0) is 4.79 Å². The average molecular weight is 335 g/mol. The van der Waals surface area contributed by atoms with E-state index in [1.165, 1.54) is 12.1 Å². The molecule has 0 radical (unpaired) electrons. The van der Waals surface area contributed by atoms with E-state index in [4.69, 9.17) is 11.6 Å². The van der Waals surface area contributed by atoms with Crippen LogP contribution in [0, 0.1) is 12.7 Å². The van der Waals surface area contributed by atoms with Crippen molar-refractivity contribution in [2.75, 3.05) is 5.32 Å². The number of nitrogens with one attached hydrogen (secondary N) is 4. The minimum absolute atomic E-state index is 0.220. The Morgan fingerprint density at radius 1 is 1.17 bits per heavy atom. The predicted molar refractivity (Wildman–Crippen MR) is 87.2 cm³/mol. The van der Waals surface area contributed by atoms with Crippen LogP contribution in [-0.4, -0.2) is 11.9 Å². The first-order valence-electron chi connectivity index (χ1n) is 7.14. The average Bonchev–Trinajstić information content (AvgIpc) is 3.02. The van der Waals surface area contributed by atoms with Crippen LogP contribution < -0.4 is 21.7 Å². The second-order valence-corrected chi connectivity index (χ2v) is 5.73. The third-order valence-corrected chi connectivity index (χ3v) is 4.24. The molecule has 1 heterocycles. The molecule has 1 saturated heterocycles. The highest BCUT2D eigenvalue weighted by Gasteiger charge is 2.34. The quantitative estimate of drug-likeness (QED) is 0.696. The summed E-state index contributed by atoms with van der Waals surface area (Å²) in [7, 11) is 0. The molecule has 0 bridgehead atoms. The fraction of sp³-hybridized carbons (Fsp3) is 0.188. The van der Waals surface area contributed by atoms with Gasteiger partial charge in [-0.2, -0.15) is 5.53 Å². The molecule has 0 aliphatic carbocycles. The molecule has 23 heavy (non-hydrogen) atoms. The Bertz CT molecular complexity index is 723. The van der Waals surface area contributed by atoms with Gasteiger partial charge in [0.05, 0.1) is 6.04 Å². The van der Waals surface area contributed by atoms with Crippen molar-refractivity contribution in [1.29, 1.82) is 0 Å². The zero-order chi connectivity index (χ0) is 16.4. The van der Waals surface area contributed by atoms with Crippen molar-refractivity contribution in [1.82, 2.24) is 16.4 Å². The van der Waals surface area contributed by atoms with E-state index in [-0.39, 0.29) is 17.8 Å². The van der Waals surface area contributed by atoms with Crippen LogP contribution in [0.15, 0.2) is 42.5 Å². The van der Waals surface area contributed by atoms with Crippen LogP contribution in [0.5, 0.6) is 0 Å². The number of halogens is 2. The standard InChI is InChI=1S/C16H16ClFN4O/c1-9-12(17)3-2-4-13(9)19-16(23)15-14(20-22-21-15)10-5-7-11(18)8-6-10/h2-8,14-15,20-22H,1H3,(H,19,23). The third-order valence-electron chi connectivity index (χ3n) is 3.83. The Morgan fingerprint density at radius 2 is 1.91 bits per heavy atom. The Kier molecular flexibility index (Phi) is 4.58. The molecule has 2 atom stereocenters. The summed E-state index contributed by atoms with van der Waals surface area (Å²) in [5, 5.41) is 3.46. The van der Waals surface area contributed by atoms with Gasteiger partial charge in [-0.1, -0.05) is 29.8 Å². The molecular formula is C16H16ClFN4O. The van der Waals surface area contributed by atoms with Crippen LogP contribution in [0.3, 0.4) is 0 Å². The van der Waals surface area contributed by atoms with Gasteiger partial charge < -0.3 is 5.32 Å². The topological polar surface area (TPSA) is 65.2 Å². The fourth-order valence-electron chi connectivity index (χ4n) is 2.48. The zero-order valence-electron chi connectivity index (χ0n) is 12.4. The molecule has 1 fully saturated rings. The Labute approximate surface area is 138 Å². The van der Waals surface area contributed by atoms with Crippen molar-refractivity contribution in [3.63, 3.8) is 0 Å². The van der Waals surface area contributed by atoms with E-state index < -0.39 is 6.04 Å². The third kappa shape index (κ3) is 3.35. The zero-order valence-corrected chi connectivity index (χ0v) is 13.1. The van der Waals surface area contributed by atoms with Crippen molar-refractivity contribution in [3.8, 4) is 0 Å². The van der Waals surface area contributed by atoms with Gasteiger partial charge in [-0.15, -0.1) is 0 Å². The van der Waals surface area contributed by atoms with E-state index in [9.17, 15) is 9.18 Å². The van der Waals surface area contributed by atoms with Crippen molar-refractivity contribution in [2.24, 2.45) is 0 Å². The SMILES string of the molecule is Cc1c(Cl)cccc1NC(=O)C1NNNC1c1ccc(F)cc1. The molecule has 120 valence electrons. The number of rotatable bonds is 3. The first-order valence-corrected chi connectivity index (χ1v) is 7.51. The predicted octanol–water partition coefficient (Wildman–Crippen LogP) is 2.45. The van der Waals surface area contributed by atoms with Gasteiger partial charge in [0.25, 0.3) is 0 Å². The molecule has 3 rings (SSSR count). The minimum atomic E-state index is -0.557. The summed E-state index contributed by atoms with van der Waals surface area (Å²) in [5.41, 5.74) is 10.9. The van der Waals surface area contributed by atoms with Crippen molar-refractivity contribution in [3.05, 3.63) is 64.4 Å². The number of hydrazine groups is 2. The first kappa shape index (κ1) is 15.9. The number of amides is 1. The van der Waals surface area contributed by atoms with Gasteiger partial charge in [0.2, 0.25) is 5.91 Å². The monoisotopic (exact) mass is 334 g/mol. The lowest BCUT2D eigenvalue weighted by Gasteiger charge is -2.19. The van der Waals surface area contributed by atoms with Gasteiger partial charge >= 0.3 is 0 Å². The maximum atomic E-state index is 13.1. The fourth-order valence-corrected chi connectivity index (χ4v) is 2.65. The Balaban J connectivity index is 1.78. The van der Waals surface area contributed by atoms with E-state index in [1.807, 2.05) is 6.92 Å². The molecule has 0 aromatic heterocycles. The highest BCUT2D eigenvalue weighted by Crippen LogP contribution is 2.25. The summed E-state index contributed by atoms with van der Waals surface area (Å²) in [6.07, 6.45) is 0. The lowest BCUT2D eigenvalue weighted by atomic mass is 10.00. The first-order chi connectivity index (χ1) is 11.1. The van der Waals surface area contributed by atoms with Crippen LogP contribution in [0.1, 0.15) is 17.2 Å². The number of benzene rings is 2. The molecule has 2 unspecified atom stereocenters. The molecule has 4 N–H and O–H groups in total. The molecule has 7 heteroatoms. The van der Waals surface area contributed by atoms with E-state index in [2.05, 4.69) is 21.7 Å². The lowest BCUT2D eigenvalue weighted by molar-refractivity contribution is -0.118. The van der Waals surface area contributed by atoms with Gasteiger partial charge in [-0.25, -0.2) is 15.2 Å². The van der Waals surface area contributed by atoms with E-state index >= 15 is 0 Å². The summed E-state index contributed by atoms with van der Waals surface area (Å²) >= 11 is 6.07. The van der Waals surface area contributed by atoms with Gasteiger partial charge in [-0.05, 0) is 42.3 Å². The molecule has 5 nitrogen and oxygen atoms in total. The lowest BCUT2D eigenvalue weighted by Crippen LogP contribution is -2.41. The summed E-state index contributed by atoms with van der Waals surface area (Å²) < 4.78 is 13.1. The minimum Gasteiger partial charge on any atom is -0.324 e. The Hall–Kier alpha value is -1.99. The highest BCUT2D eigenvalue weighted by molar-refractivity contribution is 6.31. The molecule has 0 spiro atoms. The number of hydrogen-bond acceptors (Lipinski definition) is 4. The van der Waals surface area contributed by atoms with Gasteiger partial charge in [0.15, 0.2) is 0 Å². The smallest absolute Gasteiger partial charge is 0.244 e. The molecular weight excluding hydrogens is 319 g/mol. The van der Waals surface area contributed by atoms with Crippen LogP contribution >= 0.6 is 11.6 Å². The maximum absolute atomic E-state index is 13.1. The second-order valence-electron chi connectivity index (χ2n) is 5.32. The number of carbonyl (C=O) groups excluding carboxylic acids is 1. The van der Waals surface area contributed by atoms with Crippen LogP contribution in [0.4, 0.5) is 10.1 Å². The van der Waals surface area contributed by atoms with Crippen LogP contribution in [0.2, 0.25) is 5.02 Å². The summed E-state index contributed by atoms with van der Waals surface area (Å²) in [6.45, 7) is 1.84. The molecule has 0 saturated carbocycles. The molecule has 1 aliphatic rings. The van der Waals surface area contributed by atoms with Crippen molar-refractivity contribution in [2.45, 2.75) is 19.0 Å². The second kappa shape index (κ2) is 6.64. The highest BCUT2D eigenvalue weighted by atomic mass is 35.5. The van der Waals surface area contributed by atoms with Crippen LogP contribution in [0.25, 0.3) is 0 Å². The van der Waals surface area contributed by atoms with Crippen molar-refractivity contribution >= 4 is 23.2 Å². The number of anilines is 1. The number of carbonyl (C=O) groups is 1. The van der Waals surface area contributed by atoms with E-state index in [1.54, 1.807) is 30.3 Å². The van der Waals surface area contributed by atoms with Gasteiger partial charge in [-0.3, -0.25) is 4.79 Å². The normalized spacial score (nSPS) is 20.5. The van der Waals surface area contributed by atoms with E-state index in [0.29, 0.717) is 10.7 Å². The van der Waals surface area contributed by atoms with E-state index in [0.717, 1.165) is 11.1 Å². The molecule has 2 aromatic carbocycles. The molecule has 2 aromatic rings. The summed E-state index contributed by atoms with van der Waals surface area (Å²) in [4.78, 5) is 12.6. The molecule has 1 aliphatic heterocycles. The summed E-state index contributed by atoms with van der Waals surface area (Å²) in [6, 6.07) is 10.5. The maximum Gasteiger partial charge on any atom is 0.244 e. The van der Waals surface area contributed by atoms with Crippen molar-refractivity contribution < 1.29 is 9.18 Å². The van der Waals surface area contributed by atoms with Gasteiger partial charge in [0.1, 0.15) is 11.9 Å². The number of hydrogen-bond donors (Lipinski definition) is 4.